The van der Waals surface area contributed by atoms with Crippen LogP contribution >= 0.6 is 0 Å². The van der Waals surface area contributed by atoms with E-state index in [-0.39, 0.29) is 11.0 Å². The first-order chi connectivity index (χ1) is 19.2. The third kappa shape index (κ3) is 3.82. The second-order valence-electron chi connectivity index (χ2n) is 16.0. The molecule has 2 aliphatic heterocycles. The van der Waals surface area contributed by atoms with E-state index >= 15 is 4.32 Å². The van der Waals surface area contributed by atoms with Crippen molar-refractivity contribution in [2.24, 2.45) is 23.2 Å². The predicted molar refractivity (Wildman–Crippen MR) is 170 cm³/mol. The zero-order chi connectivity index (χ0) is 29.2. The third-order valence-corrected chi connectivity index (χ3v) is 11.5. The minimum atomic E-state index is -2.77. The van der Waals surface area contributed by atoms with Crippen molar-refractivity contribution in [2.45, 2.75) is 106 Å². The highest BCUT2D eigenvalue weighted by Gasteiger charge is 2.67. The van der Waals surface area contributed by atoms with E-state index < -0.39 is 6.56 Å². The van der Waals surface area contributed by atoms with Crippen molar-refractivity contribution in [3.63, 3.8) is 0 Å². The molecule has 2 heterocycles. The summed E-state index contributed by atoms with van der Waals surface area (Å²) in [5, 5.41) is 0. The lowest BCUT2D eigenvalue weighted by atomic mass is 9.45. The van der Waals surface area contributed by atoms with Gasteiger partial charge in [-0.2, -0.15) is 0 Å². The molecule has 41 heavy (non-hydrogen) atoms. The molecule has 218 valence electrons. The Balaban J connectivity index is 1.59. The normalized spacial score (nSPS) is 32.5. The molecule has 2 aromatic rings. The van der Waals surface area contributed by atoms with Crippen molar-refractivity contribution in [2.75, 3.05) is 13.1 Å². The summed E-state index contributed by atoms with van der Waals surface area (Å²) in [4.78, 5) is 2.47. The number of hydrogen-bond donors (Lipinski definition) is 0. The van der Waals surface area contributed by atoms with E-state index in [0.717, 1.165) is 64.7 Å². The van der Waals surface area contributed by atoms with Gasteiger partial charge in [0.1, 0.15) is 18.6 Å². The highest BCUT2D eigenvalue weighted by atomic mass is 19.1. The molecular weight excluding hydrogens is 504 g/mol. The van der Waals surface area contributed by atoms with E-state index in [1.807, 2.05) is 0 Å². The second kappa shape index (κ2) is 8.80. The molecule has 0 spiro atoms. The van der Waals surface area contributed by atoms with Gasteiger partial charge in [-0.1, -0.05) is 46.5 Å². The molecular formula is C36H50BFN3+. The summed E-state index contributed by atoms with van der Waals surface area (Å²) in [5.41, 5.74) is 9.78. The highest BCUT2D eigenvalue weighted by Crippen LogP contribution is 2.58. The lowest BCUT2D eigenvalue weighted by Gasteiger charge is -2.56. The summed E-state index contributed by atoms with van der Waals surface area (Å²) in [6, 6.07) is 8.92. The van der Waals surface area contributed by atoms with Crippen LogP contribution in [-0.4, -0.2) is 50.7 Å². The van der Waals surface area contributed by atoms with Gasteiger partial charge in [0.25, 0.3) is 0 Å². The molecule has 0 aromatic heterocycles. The lowest BCUT2D eigenvalue weighted by Crippen LogP contribution is -2.65. The summed E-state index contributed by atoms with van der Waals surface area (Å²) in [7, 11) is 0. The van der Waals surface area contributed by atoms with Gasteiger partial charge in [0.15, 0.2) is 5.73 Å². The van der Waals surface area contributed by atoms with Gasteiger partial charge in [-0.25, -0.2) is 4.90 Å². The maximum atomic E-state index is 19.6. The molecule has 4 saturated carbocycles. The predicted octanol–water partition coefficient (Wildman–Crippen LogP) is 7.19. The van der Waals surface area contributed by atoms with Crippen LogP contribution in [0.1, 0.15) is 92.7 Å². The Kier molecular flexibility index (Phi) is 5.88. The molecule has 4 aliphatic carbocycles. The number of nitrogens with zero attached hydrogens (tertiary/aromatic N) is 3. The van der Waals surface area contributed by atoms with Crippen LogP contribution in [0.3, 0.4) is 0 Å². The molecule has 4 bridgehead atoms. The van der Waals surface area contributed by atoms with Gasteiger partial charge < -0.3 is 8.80 Å². The smallest absolute Gasteiger partial charge is 0.452 e. The van der Waals surface area contributed by atoms with Crippen molar-refractivity contribution >= 4 is 29.3 Å². The van der Waals surface area contributed by atoms with Crippen LogP contribution in [0.25, 0.3) is 0 Å². The number of aryl methyl sites for hydroxylation is 6. The zero-order valence-corrected chi connectivity index (χ0v) is 27.0. The zero-order valence-electron chi connectivity index (χ0n) is 27.0. The Labute approximate surface area is 247 Å². The van der Waals surface area contributed by atoms with Gasteiger partial charge in [0.05, 0.1) is 11.1 Å². The van der Waals surface area contributed by atoms with Crippen LogP contribution in [0.5, 0.6) is 0 Å². The molecule has 6 aliphatic rings. The van der Waals surface area contributed by atoms with Crippen LogP contribution in [0.2, 0.25) is 0 Å². The molecule has 0 unspecified atom stereocenters. The Morgan fingerprint density at radius 3 is 1.71 bits per heavy atom. The van der Waals surface area contributed by atoms with Crippen molar-refractivity contribution in [3.8, 4) is 0 Å². The average molecular weight is 555 g/mol. The molecule has 1 atom stereocenters. The first-order valence-corrected chi connectivity index (χ1v) is 16.3. The fourth-order valence-electron chi connectivity index (χ4n) is 11.1. The van der Waals surface area contributed by atoms with E-state index in [1.165, 1.54) is 60.8 Å². The van der Waals surface area contributed by atoms with E-state index in [4.69, 9.17) is 0 Å². The molecule has 0 N–H and O–H groups in total. The van der Waals surface area contributed by atoms with Crippen molar-refractivity contribution in [3.05, 3.63) is 57.6 Å². The summed E-state index contributed by atoms with van der Waals surface area (Å²) in [5.74, 6) is 3.61. The fraction of sp³-hybridized carbons (Fsp3) is 0.611. The third-order valence-electron chi connectivity index (χ3n) is 11.5. The van der Waals surface area contributed by atoms with E-state index in [2.05, 4.69) is 101 Å². The number of amidine groups is 2. The number of fused-ring (bicyclic) bond motifs is 1. The molecule has 4 fully saturated rings. The summed E-state index contributed by atoms with van der Waals surface area (Å²) < 4.78 is 24.5. The van der Waals surface area contributed by atoms with Gasteiger partial charge in [-0.05, 0) is 130 Å². The van der Waals surface area contributed by atoms with E-state index in [9.17, 15) is 0 Å². The van der Waals surface area contributed by atoms with Crippen LogP contribution in [0.15, 0.2) is 24.3 Å². The molecule has 0 saturated heterocycles. The van der Waals surface area contributed by atoms with Crippen molar-refractivity contribution < 1.29 is 13.4 Å². The Morgan fingerprint density at radius 1 is 0.780 bits per heavy atom. The number of benzene rings is 2. The minimum Gasteiger partial charge on any atom is -0.452 e. The number of rotatable bonds is 3. The first-order valence-electron chi connectivity index (χ1n) is 16.3. The minimum absolute atomic E-state index is 0.112. The first kappa shape index (κ1) is 27.4. The van der Waals surface area contributed by atoms with Crippen LogP contribution < -0.4 is 5.46 Å². The summed E-state index contributed by atoms with van der Waals surface area (Å²) >= 11 is 0. The van der Waals surface area contributed by atoms with Gasteiger partial charge in [0, 0.05) is 0 Å². The maximum absolute atomic E-state index is 19.6. The lowest BCUT2D eigenvalue weighted by molar-refractivity contribution is -0.617. The Morgan fingerprint density at radius 2 is 1.24 bits per heavy atom. The fourth-order valence-corrected chi connectivity index (χ4v) is 11.1. The summed E-state index contributed by atoms with van der Waals surface area (Å²) in [6.07, 6.45) is 7.97. The molecule has 2 aromatic carbocycles. The molecule has 0 radical (unpaired) electrons. The van der Waals surface area contributed by atoms with Gasteiger partial charge >= 0.3 is 6.56 Å². The van der Waals surface area contributed by atoms with Crippen molar-refractivity contribution in [1.29, 1.82) is 0 Å². The Hall–Kier alpha value is -2.43. The topological polar surface area (TPSA) is 9.26 Å². The van der Waals surface area contributed by atoms with E-state index in [1.54, 1.807) is 0 Å². The molecule has 0 amide bonds. The van der Waals surface area contributed by atoms with Gasteiger partial charge in [-0.3, -0.25) is 4.58 Å². The van der Waals surface area contributed by atoms with Gasteiger partial charge in [-0.15, -0.1) is 5.46 Å². The SMILES string of the molecule is Cc1cc(C)c([N+]2=C(C(C)(C)C)N3CC[N+](C45CC6CC(CC(C6)C4)C5)=C3[B@-]2(F)c2c(C)cc(C)cc2C)c(C)c1. The number of halogens is 1. The summed E-state index contributed by atoms with van der Waals surface area (Å²) in [6.45, 7) is 18.9. The molecule has 8 rings (SSSR count). The van der Waals surface area contributed by atoms with E-state index in [0.29, 0.717) is 0 Å². The van der Waals surface area contributed by atoms with Crippen LogP contribution in [0, 0.1) is 64.7 Å². The van der Waals surface area contributed by atoms with Crippen LogP contribution in [0.4, 0.5) is 10.0 Å². The molecule has 3 nitrogen and oxygen atoms in total. The standard InChI is InChI=1S/C36H50BFN3/c1-22-12-24(3)31(25(4)13-22)37(38)34-39(10-11-40(34)36-19-28-16-29(20-36)18-30(17-28)21-36)33(35(7,8)9)41(37)32-26(5)14-23(2)15-27(32)6/h12-15,28-30H,10-11,16-21H2,1-9H3/q+1/t28?,29?,30?,36?,37-/m0/s1. The average Bonchev–Trinajstić information content (AvgIpc) is 3.35. The van der Waals surface area contributed by atoms with Crippen molar-refractivity contribution in [1.82, 2.24) is 4.90 Å². The maximum Gasteiger partial charge on any atom is 0.483 e. The quantitative estimate of drug-likeness (QED) is 0.288. The van der Waals surface area contributed by atoms with Crippen LogP contribution in [-0.2, 0) is 0 Å². The largest absolute Gasteiger partial charge is 0.483 e. The monoisotopic (exact) mass is 554 g/mol. The highest BCUT2D eigenvalue weighted by molar-refractivity contribution is 7.07. The second-order valence-corrected chi connectivity index (χ2v) is 16.0. The Bertz CT molecular complexity index is 1460. The van der Waals surface area contributed by atoms with Gasteiger partial charge in [0.2, 0.25) is 5.84 Å². The molecule has 5 heteroatoms. The number of hydrogen-bond acceptors (Lipinski definition) is 1.